The first kappa shape index (κ1) is 32.3. The standard InChI is InChI=1S/C31H34N7O8P/c1-19(28(39)43-16-20-8-5-4-6-9-20)37-47(41,46-22-11-12-24-21(14-22)10-7-13-33-24)44-17-23-15-31(2,40)29(45-23)38-18-34-25-26(38)35-30(32)36-27(25)42-3/h4-14,18-19,23,29,40H,15-17H2,1-3H3,(H,37,41)(H2,32,35,36)/t19-,23-,29?,31+,47?/m0/s1. The van der Waals surface area contributed by atoms with Crippen molar-refractivity contribution in [1.82, 2.24) is 29.6 Å². The molecular formula is C31H34N7O8P. The Bertz CT molecular complexity index is 1940. The summed E-state index contributed by atoms with van der Waals surface area (Å²) in [6.07, 6.45) is 1.47. The van der Waals surface area contributed by atoms with Crippen molar-refractivity contribution in [1.29, 1.82) is 0 Å². The molecule has 0 amide bonds. The maximum Gasteiger partial charge on any atom is 0.459 e. The zero-order valence-corrected chi connectivity index (χ0v) is 26.7. The minimum atomic E-state index is -4.26. The molecule has 4 N–H and O–H groups in total. The number of pyridine rings is 1. The van der Waals surface area contributed by atoms with E-state index in [2.05, 4.69) is 25.0 Å². The molecule has 15 nitrogen and oxygen atoms in total. The summed E-state index contributed by atoms with van der Waals surface area (Å²) in [5.74, 6) is -0.306. The number of ether oxygens (including phenoxy) is 3. The minimum Gasteiger partial charge on any atom is -0.479 e. The number of aliphatic hydroxyl groups is 1. The van der Waals surface area contributed by atoms with Crippen molar-refractivity contribution in [3.05, 3.63) is 78.8 Å². The van der Waals surface area contributed by atoms with Crippen LogP contribution in [0.4, 0.5) is 5.95 Å². The number of aromatic nitrogens is 5. The second kappa shape index (κ2) is 13.2. The van der Waals surface area contributed by atoms with Crippen LogP contribution in [0.2, 0.25) is 0 Å². The van der Waals surface area contributed by atoms with Gasteiger partial charge in [0.15, 0.2) is 17.4 Å². The van der Waals surface area contributed by atoms with Crippen LogP contribution in [-0.4, -0.2) is 67.0 Å². The molecule has 1 aliphatic heterocycles. The molecule has 0 bridgehead atoms. The van der Waals surface area contributed by atoms with Gasteiger partial charge in [0.1, 0.15) is 24.0 Å². The fourth-order valence-electron chi connectivity index (χ4n) is 5.29. The largest absolute Gasteiger partial charge is 0.479 e. The molecule has 2 aromatic carbocycles. The van der Waals surface area contributed by atoms with Gasteiger partial charge in [-0.2, -0.15) is 15.1 Å². The molecule has 0 saturated carbocycles. The molecule has 0 radical (unpaired) electrons. The predicted molar refractivity (Wildman–Crippen MR) is 170 cm³/mol. The van der Waals surface area contributed by atoms with Crippen molar-refractivity contribution in [2.24, 2.45) is 0 Å². The average molecular weight is 664 g/mol. The third kappa shape index (κ3) is 7.19. The highest BCUT2D eigenvalue weighted by Crippen LogP contribution is 2.47. The predicted octanol–water partition coefficient (Wildman–Crippen LogP) is 3.93. The number of anilines is 1. The van der Waals surface area contributed by atoms with E-state index >= 15 is 0 Å². The molecule has 6 rings (SSSR count). The van der Waals surface area contributed by atoms with Crippen LogP contribution in [0.25, 0.3) is 22.1 Å². The van der Waals surface area contributed by atoms with Crippen molar-refractivity contribution in [3.8, 4) is 11.6 Å². The molecule has 1 fully saturated rings. The van der Waals surface area contributed by atoms with E-state index in [1.165, 1.54) is 24.9 Å². The molecule has 246 valence electrons. The number of hydrogen-bond donors (Lipinski definition) is 3. The Kier molecular flexibility index (Phi) is 9.08. The van der Waals surface area contributed by atoms with Gasteiger partial charge in [-0.05, 0) is 43.7 Å². The highest BCUT2D eigenvalue weighted by Gasteiger charge is 2.47. The van der Waals surface area contributed by atoms with Gasteiger partial charge in [-0.3, -0.25) is 18.9 Å². The normalized spacial score (nSPS) is 21.4. The smallest absolute Gasteiger partial charge is 0.459 e. The van der Waals surface area contributed by atoms with Gasteiger partial charge in [0.05, 0.1) is 31.7 Å². The Balaban J connectivity index is 1.20. The first-order chi connectivity index (χ1) is 22.5. The molecule has 16 heteroatoms. The number of nitrogens with one attached hydrogen (secondary N) is 1. The van der Waals surface area contributed by atoms with E-state index in [-0.39, 0.29) is 37.2 Å². The van der Waals surface area contributed by atoms with Gasteiger partial charge in [-0.15, -0.1) is 0 Å². The number of nitrogens with zero attached hydrogens (tertiary/aromatic N) is 5. The number of carbonyl (C=O) groups is 1. The van der Waals surface area contributed by atoms with E-state index in [4.69, 9.17) is 29.0 Å². The van der Waals surface area contributed by atoms with Crippen LogP contribution >= 0.6 is 7.75 Å². The van der Waals surface area contributed by atoms with Crippen molar-refractivity contribution >= 4 is 41.7 Å². The summed E-state index contributed by atoms with van der Waals surface area (Å²) in [6.45, 7) is 2.85. The fraction of sp³-hybridized carbons (Fsp3) is 0.323. The lowest BCUT2D eigenvalue weighted by Crippen LogP contribution is -2.35. The molecule has 5 atom stereocenters. The molecule has 5 aromatic rings. The van der Waals surface area contributed by atoms with E-state index < -0.39 is 37.7 Å². The maximum atomic E-state index is 14.3. The summed E-state index contributed by atoms with van der Waals surface area (Å²) in [6, 6.07) is 16.7. The Morgan fingerprint density at radius 3 is 2.79 bits per heavy atom. The number of rotatable bonds is 12. The highest BCUT2D eigenvalue weighted by molar-refractivity contribution is 7.52. The van der Waals surface area contributed by atoms with Gasteiger partial charge in [0, 0.05) is 18.0 Å². The van der Waals surface area contributed by atoms with Crippen LogP contribution < -0.4 is 20.1 Å². The first-order valence-electron chi connectivity index (χ1n) is 14.7. The molecule has 0 spiro atoms. The second-order valence-electron chi connectivity index (χ2n) is 11.3. The van der Waals surface area contributed by atoms with Crippen LogP contribution in [0.1, 0.15) is 32.1 Å². The molecule has 47 heavy (non-hydrogen) atoms. The summed E-state index contributed by atoms with van der Waals surface area (Å²) in [4.78, 5) is 29.8. The van der Waals surface area contributed by atoms with Gasteiger partial charge in [0.2, 0.25) is 11.8 Å². The number of imidazole rings is 1. The zero-order chi connectivity index (χ0) is 33.2. The summed E-state index contributed by atoms with van der Waals surface area (Å²) in [7, 11) is -2.83. The van der Waals surface area contributed by atoms with Crippen LogP contribution in [-0.2, 0) is 30.0 Å². The van der Waals surface area contributed by atoms with Gasteiger partial charge in [0.25, 0.3) is 0 Å². The minimum absolute atomic E-state index is 0.0349. The van der Waals surface area contributed by atoms with Crippen LogP contribution in [0.15, 0.2) is 73.2 Å². The highest BCUT2D eigenvalue weighted by atomic mass is 31.2. The Hall–Kier alpha value is -4.66. The van der Waals surface area contributed by atoms with E-state index in [9.17, 15) is 14.5 Å². The first-order valence-corrected chi connectivity index (χ1v) is 16.3. The third-order valence-corrected chi connectivity index (χ3v) is 9.15. The summed E-state index contributed by atoms with van der Waals surface area (Å²) >= 11 is 0. The van der Waals surface area contributed by atoms with E-state index in [0.29, 0.717) is 16.7 Å². The average Bonchev–Trinajstić information content (AvgIpc) is 3.61. The van der Waals surface area contributed by atoms with E-state index in [1.54, 1.807) is 37.4 Å². The van der Waals surface area contributed by atoms with Gasteiger partial charge in [-0.1, -0.05) is 36.4 Å². The van der Waals surface area contributed by atoms with E-state index in [1.807, 2.05) is 36.4 Å². The molecule has 1 saturated heterocycles. The fourth-order valence-corrected chi connectivity index (χ4v) is 6.80. The second-order valence-corrected chi connectivity index (χ2v) is 13.0. The van der Waals surface area contributed by atoms with Crippen molar-refractivity contribution in [2.75, 3.05) is 19.5 Å². The monoisotopic (exact) mass is 663 g/mol. The van der Waals surface area contributed by atoms with Crippen molar-refractivity contribution in [2.45, 2.75) is 50.8 Å². The van der Waals surface area contributed by atoms with Gasteiger partial charge < -0.3 is 29.6 Å². The quantitative estimate of drug-likeness (QED) is 0.128. The van der Waals surface area contributed by atoms with Crippen LogP contribution in [0.3, 0.4) is 0 Å². The number of carbonyl (C=O) groups excluding carboxylic acids is 1. The number of methoxy groups -OCH3 is 1. The number of benzene rings is 2. The van der Waals surface area contributed by atoms with Crippen molar-refractivity contribution in [3.63, 3.8) is 0 Å². The zero-order valence-electron chi connectivity index (χ0n) is 25.8. The number of nitrogen functional groups attached to an aromatic ring is 1. The van der Waals surface area contributed by atoms with Crippen molar-refractivity contribution < 1.29 is 37.7 Å². The van der Waals surface area contributed by atoms with Crippen LogP contribution in [0.5, 0.6) is 11.6 Å². The van der Waals surface area contributed by atoms with Gasteiger partial charge in [-0.25, -0.2) is 9.55 Å². The SMILES string of the molecule is COc1nc(N)nc2c1ncn2C1O[C@H](COP(=O)(N[C@@H](C)C(=O)OCc2ccccc2)Oc2ccc3ncccc3c2)C[C@@]1(C)O. The lowest BCUT2D eigenvalue weighted by atomic mass is 10.0. The van der Waals surface area contributed by atoms with E-state index in [0.717, 1.165) is 10.9 Å². The number of hydrogen-bond acceptors (Lipinski definition) is 13. The molecule has 0 aliphatic carbocycles. The molecular weight excluding hydrogens is 629 g/mol. The summed E-state index contributed by atoms with van der Waals surface area (Å²) in [5, 5.41) is 14.8. The number of esters is 1. The Morgan fingerprint density at radius 1 is 1.19 bits per heavy atom. The molecule has 4 heterocycles. The lowest BCUT2D eigenvalue weighted by molar-refractivity contribution is -0.146. The lowest BCUT2D eigenvalue weighted by Gasteiger charge is -2.25. The maximum absolute atomic E-state index is 14.3. The van der Waals surface area contributed by atoms with Gasteiger partial charge >= 0.3 is 13.7 Å². The molecule has 1 aliphatic rings. The number of nitrogens with two attached hydrogens (primary N) is 1. The summed E-state index contributed by atoms with van der Waals surface area (Å²) in [5.41, 5.74) is 6.59. The summed E-state index contributed by atoms with van der Waals surface area (Å²) < 4.78 is 44.5. The van der Waals surface area contributed by atoms with Crippen LogP contribution in [0, 0.1) is 0 Å². The number of fused-ring (bicyclic) bond motifs is 2. The third-order valence-electron chi connectivity index (χ3n) is 7.51. The Morgan fingerprint density at radius 2 is 2.00 bits per heavy atom. The molecule has 3 aromatic heterocycles. The molecule has 2 unspecified atom stereocenters. The topological polar surface area (TPSA) is 195 Å². The Labute approximate surface area is 269 Å².